The van der Waals surface area contributed by atoms with Crippen LogP contribution in [-0.2, 0) is 9.53 Å². The van der Waals surface area contributed by atoms with Gasteiger partial charge in [0.2, 0.25) is 0 Å². The zero-order valence-corrected chi connectivity index (χ0v) is 20.0. The Morgan fingerprint density at radius 1 is 1.04 bits per heavy atom. The molecule has 26 heavy (non-hydrogen) atoms. The summed E-state index contributed by atoms with van der Waals surface area (Å²) in [6.07, 6.45) is 3.33. The van der Waals surface area contributed by atoms with E-state index in [0.717, 1.165) is 12.8 Å². The maximum atomic E-state index is 13.2. The van der Waals surface area contributed by atoms with Gasteiger partial charge >= 0.3 is 5.97 Å². The first-order valence-corrected chi connectivity index (χ1v) is 14.1. The van der Waals surface area contributed by atoms with Crippen molar-refractivity contribution in [2.45, 2.75) is 111 Å². The molecule has 4 heteroatoms. The Bertz CT molecular complexity index is 455. The van der Waals surface area contributed by atoms with Crippen LogP contribution in [0.1, 0.15) is 74.1 Å². The maximum Gasteiger partial charge on any atom is 0.309 e. The number of rotatable bonds is 6. The summed E-state index contributed by atoms with van der Waals surface area (Å²) in [6.45, 7) is 21.8. The minimum absolute atomic E-state index is 0.0872. The SMILES string of the molecule is CC(C)C(OC(=O)[C@@H](C1(O)CCC(C(C)(C)C)CC1)[Si](C)(C)C)C(C)C. The van der Waals surface area contributed by atoms with E-state index in [-0.39, 0.29) is 34.9 Å². The second-order valence-corrected chi connectivity index (χ2v) is 16.7. The van der Waals surface area contributed by atoms with Crippen LogP contribution in [-0.4, -0.2) is 30.9 Å². The molecule has 0 unspecified atom stereocenters. The van der Waals surface area contributed by atoms with Crippen molar-refractivity contribution in [1.29, 1.82) is 0 Å². The zero-order chi connectivity index (χ0) is 20.5. The normalized spacial score (nSPS) is 26.5. The zero-order valence-electron chi connectivity index (χ0n) is 19.0. The molecule has 1 atom stereocenters. The van der Waals surface area contributed by atoms with Gasteiger partial charge in [-0.3, -0.25) is 4.79 Å². The second-order valence-electron chi connectivity index (χ2n) is 11.4. The third kappa shape index (κ3) is 5.82. The molecule has 0 heterocycles. The van der Waals surface area contributed by atoms with E-state index in [0.29, 0.717) is 18.8 Å². The van der Waals surface area contributed by atoms with Crippen LogP contribution in [0.3, 0.4) is 0 Å². The Balaban J connectivity index is 3.02. The first-order valence-electron chi connectivity index (χ1n) is 10.5. The largest absolute Gasteiger partial charge is 0.462 e. The molecule has 1 saturated carbocycles. The van der Waals surface area contributed by atoms with Crippen molar-refractivity contribution in [3.8, 4) is 0 Å². The van der Waals surface area contributed by atoms with Crippen molar-refractivity contribution in [2.75, 3.05) is 0 Å². The Hall–Kier alpha value is -0.353. The third-order valence-electron chi connectivity index (χ3n) is 6.28. The van der Waals surface area contributed by atoms with Crippen molar-refractivity contribution in [3.05, 3.63) is 0 Å². The van der Waals surface area contributed by atoms with E-state index in [2.05, 4.69) is 68.1 Å². The van der Waals surface area contributed by atoms with Gasteiger partial charge in [-0.2, -0.15) is 0 Å². The summed E-state index contributed by atoms with van der Waals surface area (Å²) in [5, 5.41) is 11.5. The molecular weight excluding hydrogens is 340 g/mol. The molecular formula is C22H44O3Si. The molecule has 0 saturated heterocycles. The number of hydrogen-bond acceptors (Lipinski definition) is 3. The van der Waals surface area contributed by atoms with Gasteiger partial charge in [0, 0.05) is 0 Å². The topological polar surface area (TPSA) is 46.5 Å². The summed E-state index contributed by atoms with van der Waals surface area (Å²) in [6, 6.07) is 0. The Kier molecular flexibility index (Phi) is 7.60. The molecule has 0 aromatic heterocycles. The van der Waals surface area contributed by atoms with E-state index >= 15 is 0 Å². The average molecular weight is 385 g/mol. The lowest BCUT2D eigenvalue weighted by Crippen LogP contribution is -2.53. The Morgan fingerprint density at radius 2 is 1.46 bits per heavy atom. The maximum absolute atomic E-state index is 13.2. The average Bonchev–Trinajstić information content (AvgIpc) is 2.41. The molecule has 1 N–H and O–H groups in total. The van der Waals surface area contributed by atoms with Crippen molar-refractivity contribution >= 4 is 14.0 Å². The van der Waals surface area contributed by atoms with Gasteiger partial charge in [0.05, 0.1) is 19.2 Å². The van der Waals surface area contributed by atoms with Crippen molar-refractivity contribution < 1.29 is 14.6 Å². The van der Waals surface area contributed by atoms with Gasteiger partial charge in [0.25, 0.3) is 0 Å². The first-order chi connectivity index (χ1) is 11.6. The quantitative estimate of drug-likeness (QED) is 0.459. The van der Waals surface area contributed by atoms with Crippen LogP contribution in [0.4, 0.5) is 0 Å². The van der Waals surface area contributed by atoms with Gasteiger partial charge in [0.15, 0.2) is 0 Å². The summed E-state index contributed by atoms with van der Waals surface area (Å²) >= 11 is 0. The molecule has 1 rings (SSSR count). The number of carbonyl (C=O) groups is 1. The van der Waals surface area contributed by atoms with E-state index in [1.165, 1.54) is 0 Å². The van der Waals surface area contributed by atoms with Crippen LogP contribution in [0.5, 0.6) is 0 Å². The molecule has 0 aromatic carbocycles. The smallest absolute Gasteiger partial charge is 0.309 e. The minimum atomic E-state index is -1.94. The minimum Gasteiger partial charge on any atom is -0.462 e. The highest BCUT2D eigenvalue weighted by Crippen LogP contribution is 2.49. The van der Waals surface area contributed by atoms with Crippen molar-refractivity contribution in [2.24, 2.45) is 23.2 Å². The molecule has 0 aromatic rings. The fourth-order valence-corrected chi connectivity index (χ4v) is 7.57. The first kappa shape index (κ1) is 23.7. The molecule has 1 fully saturated rings. The summed E-state index contributed by atoms with van der Waals surface area (Å²) in [4.78, 5) is 13.2. The highest BCUT2D eigenvalue weighted by molar-refractivity contribution is 6.80. The van der Waals surface area contributed by atoms with Crippen LogP contribution >= 0.6 is 0 Å². The fraction of sp³-hybridized carbons (Fsp3) is 0.955. The van der Waals surface area contributed by atoms with E-state index in [9.17, 15) is 9.90 Å². The molecule has 0 aliphatic heterocycles. The van der Waals surface area contributed by atoms with Gasteiger partial charge in [-0.25, -0.2) is 0 Å². The Morgan fingerprint density at radius 3 is 1.77 bits per heavy atom. The van der Waals surface area contributed by atoms with Crippen LogP contribution in [0, 0.1) is 23.2 Å². The predicted molar refractivity (Wildman–Crippen MR) is 113 cm³/mol. The molecule has 0 radical (unpaired) electrons. The van der Waals surface area contributed by atoms with E-state index < -0.39 is 13.7 Å². The lowest BCUT2D eigenvalue weighted by Gasteiger charge is -2.47. The second kappa shape index (κ2) is 8.34. The molecule has 0 bridgehead atoms. The number of esters is 1. The monoisotopic (exact) mass is 384 g/mol. The summed E-state index contributed by atoms with van der Waals surface area (Å²) in [5.41, 5.74) is -0.991. The number of hydrogen-bond donors (Lipinski definition) is 1. The van der Waals surface area contributed by atoms with Crippen LogP contribution in [0.15, 0.2) is 0 Å². The van der Waals surface area contributed by atoms with Crippen molar-refractivity contribution in [3.63, 3.8) is 0 Å². The van der Waals surface area contributed by atoms with Crippen LogP contribution in [0.2, 0.25) is 25.2 Å². The predicted octanol–water partition coefficient (Wildman–Crippen LogP) is 5.89. The Labute approximate surface area is 163 Å². The van der Waals surface area contributed by atoms with E-state index in [1.807, 2.05) is 0 Å². The van der Waals surface area contributed by atoms with Gasteiger partial charge in [-0.1, -0.05) is 68.1 Å². The highest BCUT2D eigenvalue weighted by atomic mass is 28.3. The van der Waals surface area contributed by atoms with Gasteiger partial charge in [-0.05, 0) is 48.9 Å². The van der Waals surface area contributed by atoms with Gasteiger partial charge in [0.1, 0.15) is 6.10 Å². The molecule has 1 aliphatic carbocycles. The van der Waals surface area contributed by atoms with Crippen molar-refractivity contribution in [1.82, 2.24) is 0 Å². The van der Waals surface area contributed by atoms with Gasteiger partial charge in [-0.15, -0.1) is 0 Å². The lowest BCUT2D eigenvalue weighted by molar-refractivity contribution is -0.161. The van der Waals surface area contributed by atoms with Crippen LogP contribution in [0.25, 0.3) is 0 Å². The highest BCUT2D eigenvalue weighted by Gasteiger charge is 2.52. The molecule has 0 amide bonds. The van der Waals surface area contributed by atoms with Gasteiger partial charge < -0.3 is 9.84 Å². The number of carbonyl (C=O) groups excluding carboxylic acids is 1. The fourth-order valence-electron chi connectivity index (χ4n) is 4.90. The standard InChI is InChI=1S/C22H44O3Si/c1-15(2)18(16(3)4)25-20(23)19(26(8,9)10)22(24)13-11-17(12-14-22)21(5,6)7/h15-19,24H,11-14H2,1-10H3/t17?,19-,22?/m0/s1. The van der Waals surface area contributed by atoms with E-state index in [4.69, 9.17) is 4.74 Å². The third-order valence-corrected chi connectivity index (χ3v) is 8.79. The summed E-state index contributed by atoms with van der Waals surface area (Å²) in [5.74, 6) is 1.02. The van der Waals surface area contributed by atoms with Crippen LogP contribution < -0.4 is 0 Å². The van der Waals surface area contributed by atoms with E-state index in [1.54, 1.807) is 0 Å². The summed E-state index contributed by atoms with van der Waals surface area (Å²) < 4.78 is 6.01. The number of aliphatic hydroxyl groups is 1. The molecule has 1 aliphatic rings. The summed E-state index contributed by atoms with van der Waals surface area (Å²) in [7, 11) is -1.94. The molecule has 0 spiro atoms. The number of ether oxygens (including phenoxy) is 1. The molecule has 3 nitrogen and oxygen atoms in total. The lowest BCUT2D eigenvalue weighted by atomic mass is 9.67. The molecule has 154 valence electrons.